The maximum absolute atomic E-state index is 13.5. The van der Waals surface area contributed by atoms with Crippen molar-refractivity contribution in [3.05, 3.63) is 63.6 Å². The Morgan fingerprint density at radius 3 is 2.32 bits per heavy atom. The van der Waals surface area contributed by atoms with Gasteiger partial charge in [0, 0.05) is 35.6 Å². The number of amides is 2. The number of halogens is 2. The lowest BCUT2D eigenvalue weighted by molar-refractivity contribution is -0.141. The van der Waals surface area contributed by atoms with Crippen molar-refractivity contribution in [3.8, 4) is 0 Å². The van der Waals surface area contributed by atoms with Crippen LogP contribution < -0.4 is 9.62 Å². The van der Waals surface area contributed by atoms with Gasteiger partial charge in [-0.25, -0.2) is 8.42 Å². The Hall–Kier alpha value is -2.29. The van der Waals surface area contributed by atoms with Gasteiger partial charge in [-0.3, -0.25) is 13.9 Å². The highest BCUT2D eigenvalue weighted by Crippen LogP contribution is 2.27. The number of hydrogen-bond donors (Lipinski definition) is 1. The van der Waals surface area contributed by atoms with Crippen LogP contribution in [0.1, 0.15) is 57.6 Å². The number of benzene rings is 2. The van der Waals surface area contributed by atoms with Crippen molar-refractivity contribution in [2.45, 2.75) is 72.0 Å². The maximum Gasteiger partial charge on any atom is 0.243 e. The van der Waals surface area contributed by atoms with E-state index in [1.165, 1.54) is 4.31 Å². The molecule has 0 saturated heterocycles. The van der Waals surface area contributed by atoms with Crippen molar-refractivity contribution in [2.75, 3.05) is 17.1 Å². The smallest absolute Gasteiger partial charge is 0.243 e. The quantitative estimate of drug-likeness (QED) is 0.341. The Kier molecular flexibility index (Phi) is 11.7. The molecule has 0 unspecified atom stereocenters. The first-order valence-electron chi connectivity index (χ1n) is 12.5. The van der Waals surface area contributed by atoms with Crippen molar-refractivity contribution in [1.29, 1.82) is 0 Å². The Bertz CT molecular complexity index is 1190. The van der Waals surface area contributed by atoms with Crippen LogP contribution in [-0.2, 0) is 26.2 Å². The minimum absolute atomic E-state index is 0.0249. The van der Waals surface area contributed by atoms with E-state index in [2.05, 4.69) is 5.32 Å². The van der Waals surface area contributed by atoms with Crippen LogP contribution in [-0.4, -0.2) is 50.0 Å². The number of aryl methyl sites for hydroxylation is 1. The minimum atomic E-state index is -3.61. The molecular formula is C27H37Cl2N3O4S. The molecule has 2 atom stereocenters. The van der Waals surface area contributed by atoms with Crippen LogP contribution in [0.2, 0.25) is 10.0 Å². The van der Waals surface area contributed by atoms with Gasteiger partial charge in [0.15, 0.2) is 0 Å². The summed E-state index contributed by atoms with van der Waals surface area (Å²) in [6.07, 6.45) is 2.65. The summed E-state index contributed by atoms with van der Waals surface area (Å²) in [4.78, 5) is 28.2. The van der Waals surface area contributed by atoms with Gasteiger partial charge in [-0.1, -0.05) is 61.3 Å². The number of sulfonamides is 1. The van der Waals surface area contributed by atoms with E-state index in [0.717, 1.165) is 23.8 Å². The number of nitrogens with zero attached hydrogens (tertiary/aromatic N) is 2. The molecule has 0 aliphatic heterocycles. The summed E-state index contributed by atoms with van der Waals surface area (Å²) in [5.74, 6) is -0.466. The summed E-state index contributed by atoms with van der Waals surface area (Å²) in [6, 6.07) is 11.6. The molecule has 0 aliphatic rings. The number of carbonyl (C=O) groups is 2. The predicted octanol–water partition coefficient (Wildman–Crippen LogP) is 5.57. The van der Waals surface area contributed by atoms with Gasteiger partial charge in [-0.2, -0.15) is 0 Å². The van der Waals surface area contributed by atoms with Crippen LogP contribution in [0.3, 0.4) is 0 Å². The average Bonchev–Trinajstić information content (AvgIpc) is 2.83. The minimum Gasteiger partial charge on any atom is -0.352 e. The molecule has 10 heteroatoms. The van der Waals surface area contributed by atoms with E-state index in [1.54, 1.807) is 29.2 Å². The van der Waals surface area contributed by atoms with Gasteiger partial charge in [0.25, 0.3) is 0 Å². The molecule has 0 radical (unpaired) electrons. The Morgan fingerprint density at radius 2 is 1.73 bits per heavy atom. The standard InChI is InChI=1S/C27H37Cl2N3O4S/c1-6-20(4)30-27(34)24(7-2)31(18-21-11-8-9-12-23(21)29)26(33)13-10-16-32(37(5,35)36)25-17-22(28)15-14-19(25)3/h8-9,11-12,14-15,17,20,24H,6-7,10,13,16,18H2,1-5H3,(H,30,34)/t20-,24+/m1/s1. The molecule has 0 heterocycles. The molecule has 37 heavy (non-hydrogen) atoms. The van der Waals surface area contributed by atoms with Crippen LogP contribution in [0.5, 0.6) is 0 Å². The van der Waals surface area contributed by atoms with E-state index in [4.69, 9.17) is 23.2 Å². The lowest BCUT2D eigenvalue weighted by Gasteiger charge is -2.32. The second kappa shape index (κ2) is 14.0. The number of hydrogen-bond acceptors (Lipinski definition) is 4. The van der Waals surface area contributed by atoms with E-state index >= 15 is 0 Å². The number of anilines is 1. The fourth-order valence-electron chi connectivity index (χ4n) is 4.00. The van der Waals surface area contributed by atoms with Gasteiger partial charge in [-0.15, -0.1) is 0 Å². The topological polar surface area (TPSA) is 86.8 Å². The Labute approximate surface area is 231 Å². The molecular weight excluding hydrogens is 533 g/mol. The van der Waals surface area contributed by atoms with Crippen molar-refractivity contribution >= 4 is 50.7 Å². The van der Waals surface area contributed by atoms with Crippen LogP contribution in [0.4, 0.5) is 5.69 Å². The first kappa shape index (κ1) is 30.9. The highest BCUT2D eigenvalue weighted by molar-refractivity contribution is 7.92. The van der Waals surface area contributed by atoms with Crippen molar-refractivity contribution in [1.82, 2.24) is 10.2 Å². The van der Waals surface area contributed by atoms with Gasteiger partial charge < -0.3 is 10.2 Å². The summed E-state index contributed by atoms with van der Waals surface area (Å²) in [5, 5.41) is 3.91. The Balaban J connectivity index is 2.27. The molecule has 2 aromatic rings. The molecule has 0 bridgehead atoms. The third kappa shape index (κ3) is 8.90. The van der Waals surface area contributed by atoms with Gasteiger partial charge in [0.2, 0.25) is 21.8 Å². The molecule has 0 aromatic heterocycles. The second-order valence-electron chi connectivity index (χ2n) is 9.22. The van der Waals surface area contributed by atoms with Gasteiger partial charge >= 0.3 is 0 Å². The monoisotopic (exact) mass is 569 g/mol. The SMILES string of the molecule is CC[C@@H](C)NC(=O)[C@H](CC)N(Cc1ccccc1Cl)C(=O)CCCN(c1cc(Cl)ccc1C)S(C)(=O)=O. The number of rotatable bonds is 13. The molecule has 0 aliphatic carbocycles. The molecule has 2 rings (SSSR count). The molecule has 204 valence electrons. The lowest BCUT2D eigenvalue weighted by atomic mass is 10.1. The fraction of sp³-hybridized carbons (Fsp3) is 0.481. The van der Waals surface area contributed by atoms with Crippen molar-refractivity contribution in [3.63, 3.8) is 0 Å². The summed E-state index contributed by atoms with van der Waals surface area (Å²) >= 11 is 12.5. The number of nitrogens with one attached hydrogen (secondary N) is 1. The summed E-state index contributed by atoms with van der Waals surface area (Å²) < 4.78 is 26.4. The third-order valence-corrected chi connectivity index (χ3v) is 8.06. The fourth-order valence-corrected chi connectivity index (χ4v) is 5.38. The molecule has 0 fully saturated rings. The van der Waals surface area contributed by atoms with E-state index < -0.39 is 16.1 Å². The normalized spacial score (nSPS) is 13.1. The van der Waals surface area contributed by atoms with E-state index in [9.17, 15) is 18.0 Å². The largest absolute Gasteiger partial charge is 0.352 e. The molecule has 0 saturated carbocycles. The van der Waals surface area contributed by atoms with Crippen molar-refractivity contribution < 1.29 is 18.0 Å². The Morgan fingerprint density at radius 1 is 1.05 bits per heavy atom. The van der Waals surface area contributed by atoms with E-state index in [-0.39, 0.29) is 43.8 Å². The average molecular weight is 571 g/mol. The second-order valence-corrected chi connectivity index (χ2v) is 12.0. The first-order valence-corrected chi connectivity index (χ1v) is 15.1. The zero-order chi connectivity index (χ0) is 27.8. The molecule has 2 amide bonds. The number of carbonyl (C=O) groups excluding carboxylic acids is 2. The van der Waals surface area contributed by atoms with Crippen LogP contribution in [0.15, 0.2) is 42.5 Å². The molecule has 0 spiro atoms. The van der Waals surface area contributed by atoms with E-state index in [0.29, 0.717) is 22.2 Å². The van der Waals surface area contributed by atoms with Gasteiger partial charge in [0.05, 0.1) is 11.9 Å². The zero-order valence-corrected chi connectivity index (χ0v) is 24.5. The van der Waals surface area contributed by atoms with Crippen LogP contribution >= 0.6 is 23.2 Å². The molecule has 7 nitrogen and oxygen atoms in total. The molecule has 1 N–H and O–H groups in total. The summed E-state index contributed by atoms with van der Waals surface area (Å²) in [6.45, 7) is 7.84. The summed E-state index contributed by atoms with van der Waals surface area (Å²) in [7, 11) is -3.61. The molecule has 2 aromatic carbocycles. The predicted molar refractivity (Wildman–Crippen MR) is 152 cm³/mol. The maximum atomic E-state index is 13.5. The highest BCUT2D eigenvalue weighted by Gasteiger charge is 2.30. The first-order chi connectivity index (χ1) is 17.4. The summed E-state index contributed by atoms with van der Waals surface area (Å²) in [5.41, 5.74) is 1.98. The van der Waals surface area contributed by atoms with Crippen LogP contribution in [0.25, 0.3) is 0 Å². The highest BCUT2D eigenvalue weighted by atomic mass is 35.5. The van der Waals surface area contributed by atoms with Crippen LogP contribution in [0, 0.1) is 6.92 Å². The lowest BCUT2D eigenvalue weighted by Crippen LogP contribution is -2.50. The zero-order valence-electron chi connectivity index (χ0n) is 22.1. The van der Waals surface area contributed by atoms with Gasteiger partial charge in [0.1, 0.15) is 6.04 Å². The van der Waals surface area contributed by atoms with Gasteiger partial charge in [-0.05, 0) is 62.4 Å². The third-order valence-electron chi connectivity index (χ3n) is 6.28. The van der Waals surface area contributed by atoms with Crippen molar-refractivity contribution in [2.24, 2.45) is 0 Å². The van der Waals surface area contributed by atoms with E-state index in [1.807, 2.05) is 45.9 Å².